The number of aldehydes is 1. The lowest BCUT2D eigenvalue weighted by Gasteiger charge is -2.33. The third-order valence-electron chi connectivity index (χ3n) is 19.5. The number of nitrogens with one attached hydrogen (secondary N) is 5. The van der Waals surface area contributed by atoms with Crippen LogP contribution in [0.5, 0.6) is 11.5 Å². The minimum Gasteiger partial charge on any atom is -0.496 e. The molecule has 17 nitrogen and oxygen atoms in total. The van der Waals surface area contributed by atoms with Crippen molar-refractivity contribution in [3.05, 3.63) is 84.0 Å². The van der Waals surface area contributed by atoms with E-state index in [1.807, 2.05) is 64.4 Å². The second-order valence-electron chi connectivity index (χ2n) is 26.1. The van der Waals surface area contributed by atoms with Gasteiger partial charge in [0, 0.05) is 95.4 Å². The molecule has 2 aliphatic heterocycles. The highest BCUT2D eigenvalue weighted by Gasteiger charge is 2.59. The summed E-state index contributed by atoms with van der Waals surface area (Å²) in [6.45, 7) is 13.3. The number of carbonyl (C=O) groups excluding carboxylic acids is 5. The number of Topliss-reactive ketones (excluding diaryl/α,β-unsaturated/α-hetero) is 2. The number of ketones is 2. The van der Waals surface area contributed by atoms with E-state index in [9.17, 15) is 24.0 Å². The van der Waals surface area contributed by atoms with Gasteiger partial charge in [0.2, 0.25) is 11.8 Å². The van der Waals surface area contributed by atoms with Gasteiger partial charge in [0.05, 0.1) is 61.1 Å². The molecule has 0 unspecified atom stereocenters. The molecule has 2 amide bonds. The molecule has 6 heterocycles. The predicted octanol–water partition coefficient (Wildman–Crippen LogP) is 12.6. The lowest BCUT2D eigenvalue weighted by molar-refractivity contribution is -0.125. The average Bonchev–Trinajstić information content (AvgIpc) is 1.65. The van der Waals surface area contributed by atoms with Crippen LogP contribution in [-0.2, 0) is 24.0 Å². The highest BCUT2D eigenvalue weighted by Crippen LogP contribution is 2.60. The van der Waals surface area contributed by atoms with Gasteiger partial charge in [-0.15, -0.1) is 0 Å². The number of ether oxygens (including phenoxy) is 2. The van der Waals surface area contributed by atoms with Crippen LogP contribution < -0.4 is 25.4 Å². The number of hydrogen-bond acceptors (Lipinski definition) is 13. The second kappa shape index (κ2) is 29.0. The largest absolute Gasteiger partial charge is 0.496 e. The quantitative estimate of drug-likeness (QED) is 0.0239. The van der Waals surface area contributed by atoms with Crippen LogP contribution in [0.2, 0.25) is 0 Å². The molecule has 6 aliphatic rings. The van der Waals surface area contributed by atoms with Gasteiger partial charge in [-0.25, -0.2) is 9.97 Å². The SMILES string of the molecule is CCC(=O)CCCCC[C@H](NC(=O)[C@H]1CC12CCN(CC1CC1)CC2)c1ncc(-c2cc3ccc(C)nc3cc2OC)[nH]1.CCC(=O)CCCCC[C@H](NC(=O)[C@H]1CC12CCNCC2)c1ncc(-c2cc3ccc(C)nc3cc2OC)[nH]1.O=CC1CC1. The number of imidazole rings is 2. The number of hydrogen-bond donors (Lipinski definition) is 5. The Morgan fingerprint density at radius 2 is 1.11 bits per heavy atom. The Labute approximate surface area is 513 Å². The van der Waals surface area contributed by atoms with E-state index < -0.39 is 0 Å². The van der Waals surface area contributed by atoms with Crippen LogP contribution in [0, 0.1) is 48.3 Å². The van der Waals surface area contributed by atoms with E-state index in [2.05, 4.69) is 65.1 Å². The zero-order chi connectivity index (χ0) is 61.1. The first-order chi connectivity index (χ1) is 42.2. The molecule has 0 radical (unpaired) electrons. The van der Waals surface area contributed by atoms with Crippen molar-refractivity contribution in [1.29, 1.82) is 0 Å². The number of methoxy groups -OCH3 is 2. The standard InChI is InChI=1S/C35H47N5O3.C31H41N5O3.C4H6O/c1-4-26(41)8-6-5-7-9-29(39-34(42)28-20-35(28)14-16-40(17-15-35)22-24-11-12-24)33-36-21-31(38-33)27-18-25-13-10-23(2)37-30(25)19-32(27)43-3;1-4-22(37)8-6-5-7-9-25(36-30(38)24-18-31(24)12-14-32-15-13-31)29-33-19-27(35-29)23-16-21-11-10-20(2)34-26(21)17-28(23)39-3;5-3-4-1-2-4/h10,13,18-19,21,24,28-29H,4-9,11-12,14-17,20,22H2,1-3H3,(H,36,38)(H,39,42);10-11,16-17,19,24-25,32H,4-9,12-15,18H2,1-3H3,(H,33,35)(H,36,38);3-4H,1-2H2/t28-,29+;24-,25+;/m11./s1. The molecule has 4 aromatic heterocycles. The summed E-state index contributed by atoms with van der Waals surface area (Å²) in [6.07, 6.45) is 25.7. The molecule has 5 N–H and O–H groups in total. The molecule has 17 heteroatoms. The van der Waals surface area contributed by atoms with Crippen molar-refractivity contribution in [2.24, 2.45) is 34.5 Å². The molecule has 87 heavy (non-hydrogen) atoms. The Kier molecular flexibility index (Phi) is 21.0. The number of likely N-dealkylation sites (tertiary alicyclic amines) is 1. The van der Waals surface area contributed by atoms with Gasteiger partial charge in [-0.1, -0.05) is 51.7 Å². The van der Waals surface area contributed by atoms with E-state index in [4.69, 9.17) is 19.4 Å². The van der Waals surface area contributed by atoms with Crippen molar-refractivity contribution < 1.29 is 33.4 Å². The molecule has 4 aliphatic carbocycles. The van der Waals surface area contributed by atoms with Crippen LogP contribution in [0.4, 0.5) is 0 Å². The van der Waals surface area contributed by atoms with Gasteiger partial charge in [-0.2, -0.15) is 0 Å². The van der Waals surface area contributed by atoms with Crippen molar-refractivity contribution in [1.82, 2.24) is 50.8 Å². The fraction of sp³-hybridized carbons (Fsp3) is 0.586. The molecule has 12 rings (SSSR count). The van der Waals surface area contributed by atoms with E-state index in [1.54, 1.807) is 14.2 Å². The topological polar surface area (TPSA) is 226 Å². The Morgan fingerprint density at radius 1 is 0.644 bits per heavy atom. The fourth-order valence-corrected chi connectivity index (χ4v) is 13.3. The van der Waals surface area contributed by atoms with E-state index in [0.717, 1.165) is 220 Å². The summed E-state index contributed by atoms with van der Waals surface area (Å²) in [5.74, 6) is 5.49. The number of aromatic nitrogens is 6. The van der Waals surface area contributed by atoms with Crippen molar-refractivity contribution in [2.45, 2.75) is 181 Å². The first kappa shape index (κ1) is 63.2. The normalized spacial score (nSPS) is 19.7. The number of nitrogens with zero attached hydrogens (tertiary/aromatic N) is 5. The molecule has 6 fully saturated rings. The summed E-state index contributed by atoms with van der Waals surface area (Å²) in [5.41, 5.74) is 7.60. The highest BCUT2D eigenvalue weighted by molar-refractivity contribution is 5.89. The number of carbonyl (C=O) groups is 5. The van der Waals surface area contributed by atoms with Crippen molar-refractivity contribution in [3.63, 3.8) is 0 Å². The number of benzene rings is 2. The van der Waals surface area contributed by atoms with Crippen LogP contribution in [0.1, 0.15) is 190 Å². The lowest BCUT2D eigenvalue weighted by atomic mass is 9.90. The average molecular weight is 1190 g/mol. The predicted molar refractivity (Wildman–Crippen MR) is 340 cm³/mol. The maximum atomic E-state index is 13.7. The first-order valence-corrected chi connectivity index (χ1v) is 32.8. The summed E-state index contributed by atoms with van der Waals surface area (Å²) in [4.78, 5) is 88.5. The Balaban J connectivity index is 0.000000179. The number of amides is 2. The number of rotatable bonds is 27. The van der Waals surface area contributed by atoms with Gasteiger partial charge in [0.15, 0.2) is 0 Å². The zero-order valence-corrected chi connectivity index (χ0v) is 52.5. The molecule has 0 bridgehead atoms. The number of aromatic amines is 2. The van der Waals surface area contributed by atoms with Crippen LogP contribution in [0.3, 0.4) is 0 Å². The van der Waals surface area contributed by atoms with Gasteiger partial charge in [0.25, 0.3) is 0 Å². The molecule has 2 spiro atoms. The molecular formula is C70H94N10O7. The molecule has 2 saturated heterocycles. The molecule has 6 aromatic rings. The third kappa shape index (κ3) is 16.5. The van der Waals surface area contributed by atoms with Crippen molar-refractivity contribution in [2.75, 3.05) is 46.9 Å². The monoisotopic (exact) mass is 1190 g/mol. The number of H-pyrrole nitrogens is 2. The highest BCUT2D eigenvalue weighted by atomic mass is 16.5. The number of piperidine rings is 2. The Morgan fingerprint density at radius 3 is 1.53 bits per heavy atom. The van der Waals surface area contributed by atoms with E-state index in [0.29, 0.717) is 43.2 Å². The minimum atomic E-state index is -0.205. The summed E-state index contributed by atoms with van der Waals surface area (Å²) >= 11 is 0. The first-order valence-electron chi connectivity index (χ1n) is 32.8. The number of fused-ring (bicyclic) bond motifs is 2. The van der Waals surface area contributed by atoms with Gasteiger partial charge in [0.1, 0.15) is 41.0 Å². The Hall–Kier alpha value is -6.85. The third-order valence-corrected chi connectivity index (χ3v) is 19.5. The summed E-state index contributed by atoms with van der Waals surface area (Å²) < 4.78 is 11.5. The van der Waals surface area contributed by atoms with Crippen molar-refractivity contribution >= 4 is 51.5 Å². The van der Waals surface area contributed by atoms with E-state index in [-0.39, 0.29) is 46.6 Å². The Bertz CT molecular complexity index is 3350. The van der Waals surface area contributed by atoms with Gasteiger partial charge in [-0.3, -0.25) is 29.1 Å². The summed E-state index contributed by atoms with van der Waals surface area (Å²) in [5, 5.41) is 12.2. The molecular weight excluding hydrogens is 1090 g/mol. The smallest absolute Gasteiger partial charge is 0.224 e. The van der Waals surface area contributed by atoms with Gasteiger partial charge in [-0.05, 0) is 171 Å². The van der Waals surface area contributed by atoms with Crippen molar-refractivity contribution in [3.8, 4) is 34.0 Å². The number of aryl methyl sites for hydroxylation is 2. The molecule has 4 atom stereocenters. The molecule has 2 aromatic carbocycles. The van der Waals surface area contributed by atoms with E-state index in [1.165, 1.54) is 19.4 Å². The minimum absolute atomic E-state index is 0.0928. The maximum Gasteiger partial charge on any atom is 0.224 e. The van der Waals surface area contributed by atoms with Crippen LogP contribution in [0.15, 0.2) is 60.9 Å². The van der Waals surface area contributed by atoms with Gasteiger partial charge >= 0.3 is 0 Å². The lowest BCUT2D eigenvalue weighted by Crippen LogP contribution is -2.38. The molecule has 466 valence electrons. The fourth-order valence-electron chi connectivity index (χ4n) is 13.3. The summed E-state index contributed by atoms with van der Waals surface area (Å²) in [7, 11) is 3.34. The molecule has 4 saturated carbocycles. The zero-order valence-electron chi connectivity index (χ0n) is 52.5. The van der Waals surface area contributed by atoms with Crippen LogP contribution in [-0.4, -0.2) is 111 Å². The van der Waals surface area contributed by atoms with E-state index >= 15 is 0 Å². The maximum absolute atomic E-state index is 13.7. The van der Waals surface area contributed by atoms with Crippen LogP contribution >= 0.6 is 0 Å². The number of unbranched alkanes of at least 4 members (excludes halogenated alkanes) is 4. The van der Waals surface area contributed by atoms with Crippen LogP contribution in [0.25, 0.3) is 44.3 Å². The number of pyridine rings is 2. The van der Waals surface area contributed by atoms with Gasteiger partial charge < -0.3 is 45.1 Å². The summed E-state index contributed by atoms with van der Waals surface area (Å²) in [6, 6.07) is 15.8. The second-order valence-corrected chi connectivity index (χ2v) is 26.1.